The Bertz CT molecular complexity index is 1200. The standard InChI is InChI=1S/C24H25F3N6OS/c1-14-7-8-16(11-15(14)2)19-12-20-22-29-30-23(32(22)9-10-33(20)31-19)35-13-21(34)28-18-6-4-3-5-17(18)24(25,26)27/h3-11,19-20,22,29,31H,12-13H2,1-2H3,(H,28,34). The topological polar surface area (TPSA) is 72.0 Å². The molecule has 1 saturated heterocycles. The van der Waals surface area contributed by atoms with Crippen molar-refractivity contribution in [1.82, 2.24) is 20.8 Å². The van der Waals surface area contributed by atoms with Gasteiger partial charge in [0.05, 0.1) is 29.1 Å². The van der Waals surface area contributed by atoms with Crippen LogP contribution in [-0.2, 0) is 11.0 Å². The molecule has 0 aromatic heterocycles. The summed E-state index contributed by atoms with van der Waals surface area (Å²) < 4.78 is 39.6. The third kappa shape index (κ3) is 4.70. The summed E-state index contributed by atoms with van der Waals surface area (Å²) in [5, 5.41) is 9.44. The molecule has 0 radical (unpaired) electrons. The number of aryl methyl sites for hydroxylation is 2. The Morgan fingerprint density at radius 1 is 1.17 bits per heavy atom. The zero-order chi connectivity index (χ0) is 24.7. The number of anilines is 1. The van der Waals surface area contributed by atoms with Gasteiger partial charge in [-0.3, -0.25) is 10.2 Å². The second-order valence-corrected chi connectivity index (χ2v) is 9.73. The highest BCUT2D eigenvalue weighted by Gasteiger charge is 2.44. The minimum absolute atomic E-state index is 0.0678. The van der Waals surface area contributed by atoms with E-state index in [9.17, 15) is 18.0 Å². The molecule has 0 bridgehead atoms. The molecule has 11 heteroatoms. The highest BCUT2D eigenvalue weighted by Crippen LogP contribution is 2.36. The van der Waals surface area contributed by atoms with Crippen LogP contribution in [-0.4, -0.2) is 38.9 Å². The number of alkyl halides is 3. The van der Waals surface area contributed by atoms with Gasteiger partial charge in [-0.2, -0.15) is 18.3 Å². The number of rotatable bonds is 4. The van der Waals surface area contributed by atoms with Crippen LogP contribution in [0.15, 0.2) is 60.0 Å². The molecule has 35 heavy (non-hydrogen) atoms. The van der Waals surface area contributed by atoms with Crippen molar-refractivity contribution >= 4 is 28.5 Å². The quantitative estimate of drug-likeness (QED) is 0.579. The number of carbonyl (C=O) groups is 1. The van der Waals surface area contributed by atoms with E-state index >= 15 is 0 Å². The lowest BCUT2D eigenvalue weighted by molar-refractivity contribution is -0.137. The van der Waals surface area contributed by atoms with E-state index < -0.39 is 17.6 Å². The van der Waals surface area contributed by atoms with Gasteiger partial charge in [0.2, 0.25) is 5.91 Å². The lowest BCUT2D eigenvalue weighted by Gasteiger charge is -2.36. The first-order chi connectivity index (χ1) is 16.7. The molecule has 5 rings (SSSR count). The highest BCUT2D eigenvalue weighted by atomic mass is 32.2. The van der Waals surface area contributed by atoms with Gasteiger partial charge in [-0.25, -0.2) is 5.43 Å². The van der Waals surface area contributed by atoms with E-state index in [0.29, 0.717) is 5.17 Å². The van der Waals surface area contributed by atoms with Gasteiger partial charge in [0, 0.05) is 12.4 Å². The molecule has 1 amide bonds. The average molecular weight is 503 g/mol. The maximum atomic E-state index is 13.2. The molecular formula is C24H25F3N6OS. The molecular weight excluding hydrogens is 477 g/mol. The number of benzene rings is 2. The Hall–Kier alpha value is -3.18. The number of hydrogen-bond donors (Lipinski definition) is 3. The van der Waals surface area contributed by atoms with E-state index in [1.165, 1.54) is 46.7 Å². The first-order valence-electron chi connectivity index (χ1n) is 11.2. The average Bonchev–Trinajstić information content (AvgIpc) is 3.43. The second kappa shape index (κ2) is 9.12. The first-order valence-corrected chi connectivity index (χ1v) is 12.2. The Kier molecular flexibility index (Phi) is 6.14. The minimum Gasteiger partial charge on any atom is -0.325 e. The molecule has 3 atom stereocenters. The largest absolute Gasteiger partial charge is 0.418 e. The van der Waals surface area contributed by atoms with Crippen LogP contribution in [0.25, 0.3) is 0 Å². The summed E-state index contributed by atoms with van der Waals surface area (Å²) in [4.78, 5) is 14.4. The number of amides is 1. The monoisotopic (exact) mass is 502 g/mol. The molecule has 0 spiro atoms. The van der Waals surface area contributed by atoms with Gasteiger partial charge < -0.3 is 15.2 Å². The summed E-state index contributed by atoms with van der Waals surface area (Å²) in [6.07, 6.45) is 0.0485. The van der Waals surface area contributed by atoms with Crippen LogP contribution in [0.1, 0.15) is 34.7 Å². The van der Waals surface area contributed by atoms with Crippen molar-refractivity contribution in [3.8, 4) is 0 Å². The normalized spacial score (nSPS) is 23.0. The summed E-state index contributed by atoms with van der Waals surface area (Å²) in [5.41, 5.74) is 9.32. The fourth-order valence-corrected chi connectivity index (χ4v) is 5.28. The van der Waals surface area contributed by atoms with E-state index in [-0.39, 0.29) is 29.7 Å². The number of nitrogens with one attached hydrogen (secondary N) is 3. The predicted octanol–water partition coefficient (Wildman–Crippen LogP) is 4.30. The predicted molar refractivity (Wildman–Crippen MR) is 130 cm³/mol. The Labute approximate surface area is 205 Å². The maximum Gasteiger partial charge on any atom is 0.418 e. The fraction of sp³-hybridized carbons (Fsp3) is 0.333. The van der Waals surface area contributed by atoms with Gasteiger partial charge in [0.15, 0.2) is 5.17 Å². The molecule has 184 valence electrons. The number of thioether (sulfide) groups is 1. The number of halogens is 3. The summed E-state index contributed by atoms with van der Waals surface area (Å²) in [5.74, 6) is -0.598. The van der Waals surface area contributed by atoms with Gasteiger partial charge in [-0.1, -0.05) is 42.1 Å². The smallest absolute Gasteiger partial charge is 0.325 e. The Balaban J connectivity index is 1.20. The molecule has 3 N–H and O–H groups in total. The minimum atomic E-state index is -4.54. The third-order valence-corrected chi connectivity index (χ3v) is 7.44. The Morgan fingerprint density at radius 2 is 1.97 bits per heavy atom. The van der Waals surface area contributed by atoms with Crippen molar-refractivity contribution < 1.29 is 18.0 Å². The summed E-state index contributed by atoms with van der Waals surface area (Å²) in [7, 11) is 0. The first kappa shape index (κ1) is 23.6. The SMILES string of the molecule is Cc1ccc(C2CC3C4NN=C(SCC(=O)Nc5ccccc5C(F)(F)F)N4C=CN3N2)cc1C. The zero-order valence-corrected chi connectivity index (χ0v) is 20.0. The summed E-state index contributed by atoms with van der Waals surface area (Å²) in [6.45, 7) is 4.20. The van der Waals surface area contributed by atoms with Crippen LogP contribution in [0.5, 0.6) is 0 Å². The van der Waals surface area contributed by atoms with Gasteiger partial charge in [0.1, 0.15) is 6.17 Å². The van der Waals surface area contributed by atoms with Gasteiger partial charge in [0.25, 0.3) is 0 Å². The number of amidine groups is 1. The lowest BCUT2D eigenvalue weighted by Crippen LogP contribution is -2.54. The van der Waals surface area contributed by atoms with E-state index in [4.69, 9.17) is 0 Å². The second-order valence-electron chi connectivity index (χ2n) is 8.79. The lowest BCUT2D eigenvalue weighted by atomic mass is 9.97. The molecule has 2 aromatic rings. The van der Waals surface area contributed by atoms with Crippen molar-refractivity contribution in [2.75, 3.05) is 11.1 Å². The number of para-hydroxylation sites is 1. The van der Waals surface area contributed by atoms with Crippen LogP contribution in [0.2, 0.25) is 0 Å². The molecule has 0 saturated carbocycles. The van der Waals surface area contributed by atoms with Gasteiger partial charge in [-0.05, 0) is 49.1 Å². The summed E-state index contributed by atoms with van der Waals surface area (Å²) >= 11 is 1.18. The van der Waals surface area contributed by atoms with E-state index in [0.717, 1.165) is 12.5 Å². The van der Waals surface area contributed by atoms with Crippen molar-refractivity contribution in [1.29, 1.82) is 0 Å². The van der Waals surface area contributed by atoms with Crippen LogP contribution in [0, 0.1) is 13.8 Å². The van der Waals surface area contributed by atoms with Crippen molar-refractivity contribution in [3.05, 3.63) is 77.1 Å². The number of hydrogen-bond acceptors (Lipinski definition) is 7. The molecule has 1 fully saturated rings. The zero-order valence-electron chi connectivity index (χ0n) is 19.1. The van der Waals surface area contributed by atoms with Crippen LogP contribution in [0.3, 0.4) is 0 Å². The number of nitrogens with zero attached hydrogens (tertiary/aromatic N) is 3. The molecule has 0 aliphatic carbocycles. The van der Waals surface area contributed by atoms with E-state index in [1.54, 1.807) is 0 Å². The number of hydrazine groups is 1. The Morgan fingerprint density at radius 3 is 2.74 bits per heavy atom. The van der Waals surface area contributed by atoms with Crippen molar-refractivity contribution in [2.45, 2.75) is 44.7 Å². The van der Waals surface area contributed by atoms with Gasteiger partial charge >= 0.3 is 6.18 Å². The van der Waals surface area contributed by atoms with Crippen LogP contribution in [0.4, 0.5) is 18.9 Å². The highest BCUT2D eigenvalue weighted by molar-refractivity contribution is 8.14. The third-order valence-electron chi connectivity index (χ3n) is 6.48. The fourth-order valence-electron chi connectivity index (χ4n) is 4.50. The van der Waals surface area contributed by atoms with E-state index in [2.05, 4.69) is 58.3 Å². The van der Waals surface area contributed by atoms with Crippen LogP contribution >= 0.6 is 11.8 Å². The molecule has 3 heterocycles. The van der Waals surface area contributed by atoms with Gasteiger partial charge in [-0.15, -0.1) is 0 Å². The molecule has 3 aliphatic rings. The molecule has 3 aliphatic heterocycles. The molecule has 3 unspecified atom stereocenters. The molecule has 7 nitrogen and oxygen atoms in total. The molecule has 2 aromatic carbocycles. The van der Waals surface area contributed by atoms with Crippen molar-refractivity contribution in [2.24, 2.45) is 5.10 Å². The maximum absolute atomic E-state index is 13.2. The van der Waals surface area contributed by atoms with Crippen LogP contribution < -0.4 is 16.2 Å². The summed E-state index contributed by atoms with van der Waals surface area (Å²) in [6, 6.07) is 11.7. The number of carbonyl (C=O) groups excluding carboxylic acids is 1. The van der Waals surface area contributed by atoms with Crippen molar-refractivity contribution in [3.63, 3.8) is 0 Å². The number of hydrazone groups is 1. The van der Waals surface area contributed by atoms with E-state index in [1.807, 2.05) is 17.3 Å². The number of fused-ring (bicyclic) bond motifs is 3.